The molecular weight excluding hydrogens is 234 g/mol. The average Bonchev–Trinajstić information content (AvgIpc) is 2.54. The fourth-order valence-electron chi connectivity index (χ4n) is 3.82. The lowest BCUT2D eigenvalue weighted by Gasteiger charge is -2.32. The maximum Gasteiger partial charge on any atom is 0.0561 e. The first kappa shape index (κ1) is 15.3. The van der Waals surface area contributed by atoms with Crippen molar-refractivity contribution >= 4 is 0 Å². The van der Waals surface area contributed by atoms with Crippen LogP contribution in [0.15, 0.2) is 0 Å². The Morgan fingerprint density at radius 2 is 1.74 bits per heavy atom. The molecule has 0 amide bonds. The monoisotopic (exact) mass is 267 g/mol. The second kappa shape index (κ2) is 6.58. The van der Waals surface area contributed by atoms with E-state index in [4.69, 9.17) is 4.74 Å². The van der Waals surface area contributed by atoms with Gasteiger partial charge >= 0.3 is 0 Å². The third-order valence-electron chi connectivity index (χ3n) is 5.15. The number of ether oxygens (including phenoxy) is 1. The van der Waals surface area contributed by atoms with Crippen LogP contribution in [0, 0.1) is 11.3 Å². The van der Waals surface area contributed by atoms with Crippen molar-refractivity contribution in [1.29, 1.82) is 0 Å². The van der Waals surface area contributed by atoms with Gasteiger partial charge in [-0.15, -0.1) is 0 Å². The fraction of sp³-hybridized carbons (Fsp3) is 1.00. The normalized spacial score (nSPS) is 37.9. The lowest BCUT2D eigenvalue weighted by atomic mass is 9.76. The number of nitrogens with one attached hydrogen (secondary N) is 1. The van der Waals surface area contributed by atoms with Crippen molar-refractivity contribution < 1.29 is 4.74 Å². The summed E-state index contributed by atoms with van der Waals surface area (Å²) in [6.07, 6.45) is 9.80. The third-order valence-corrected chi connectivity index (χ3v) is 5.15. The predicted octanol–water partition coefficient (Wildman–Crippen LogP) is 4.14. The molecule has 0 aromatic heterocycles. The zero-order valence-corrected chi connectivity index (χ0v) is 13.4. The zero-order chi connectivity index (χ0) is 13.9. The Balaban J connectivity index is 1.79. The van der Waals surface area contributed by atoms with Crippen LogP contribution in [0.2, 0.25) is 0 Å². The van der Waals surface area contributed by atoms with E-state index < -0.39 is 0 Å². The van der Waals surface area contributed by atoms with Crippen LogP contribution in [0.25, 0.3) is 0 Å². The highest BCUT2D eigenvalue weighted by Gasteiger charge is 2.29. The summed E-state index contributed by atoms with van der Waals surface area (Å²) in [5, 5.41) is 3.92. The van der Waals surface area contributed by atoms with E-state index in [1.807, 2.05) is 0 Å². The highest BCUT2D eigenvalue weighted by Crippen LogP contribution is 2.37. The minimum Gasteiger partial charge on any atom is -0.378 e. The summed E-state index contributed by atoms with van der Waals surface area (Å²) >= 11 is 0. The summed E-state index contributed by atoms with van der Waals surface area (Å²) in [5.41, 5.74) is 0.488. The fourth-order valence-corrected chi connectivity index (χ4v) is 3.82. The molecule has 1 saturated heterocycles. The van der Waals surface area contributed by atoms with E-state index in [1.54, 1.807) is 0 Å². The minimum atomic E-state index is 0.444. The summed E-state index contributed by atoms with van der Waals surface area (Å²) < 4.78 is 5.64. The Morgan fingerprint density at radius 1 is 0.947 bits per heavy atom. The predicted molar refractivity (Wildman–Crippen MR) is 81.4 cm³/mol. The second-order valence-corrected chi connectivity index (χ2v) is 7.84. The van der Waals surface area contributed by atoms with E-state index >= 15 is 0 Å². The van der Waals surface area contributed by atoms with E-state index in [-0.39, 0.29) is 0 Å². The largest absolute Gasteiger partial charge is 0.378 e. The summed E-state index contributed by atoms with van der Waals surface area (Å²) in [7, 11) is 0. The van der Waals surface area contributed by atoms with Gasteiger partial charge in [-0.05, 0) is 56.8 Å². The van der Waals surface area contributed by atoms with Crippen molar-refractivity contribution in [3.05, 3.63) is 0 Å². The molecule has 0 aromatic rings. The topological polar surface area (TPSA) is 21.3 Å². The smallest absolute Gasteiger partial charge is 0.0561 e. The van der Waals surface area contributed by atoms with E-state index in [1.165, 1.54) is 44.9 Å². The molecule has 112 valence electrons. The van der Waals surface area contributed by atoms with Crippen molar-refractivity contribution in [1.82, 2.24) is 5.32 Å². The molecule has 2 nitrogen and oxygen atoms in total. The summed E-state index contributed by atoms with van der Waals surface area (Å²) in [6, 6.07) is 1.45. The first-order chi connectivity index (χ1) is 8.95. The number of rotatable bonds is 2. The molecule has 2 heteroatoms. The number of hydrogen-bond acceptors (Lipinski definition) is 2. The molecule has 1 aliphatic heterocycles. The molecule has 1 heterocycles. The molecule has 4 atom stereocenters. The van der Waals surface area contributed by atoms with Gasteiger partial charge in [0.15, 0.2) is 0 Å². The van der Waals surface area contributed by atoms with E-state index in [0.29, 0.717) is 17.6 Å². The van der Waals surface area contributed by atoms with Gasteiger partial charge in [0.25, 0.3) is 0 Å². The molecule has 0 bridgehead atoms. The van der Waals surface area contributed by atoms with Crippen molar-refractivity contribution in [2.75, 3.05) is 6.61 Å². The van der Waals surface area contributed by atoms with Gasteiger partial charge in [0.2, 0.25) is 0 Å². The minimum absolute atomic E-state index is 0.444. The van der Waals surface area contributed by atoms with Gasteiger partial charge in [0.1, 0.15) is 0 Å². The van der Waals surface area contributed by atoms with Crippen LogP contribution >= 0.6 is 0 Å². The van der Waals surface area contributed by atoms with Crippen LogP contribution in [0.1, 0.15) is 72.6 Å². The molecule has 0 spiro atoms. The molecule has 4 unspecified atom stereocenters. The first-order valence-corrected chi connectivity index (χ1v) is 8.33. The molecule has 2 fully saturated rings. The van der Waals surface area contributed by atoms with Gasteiger partial charge < -0.3 is 10.1 Å². The van der Waals surface area contributed by atoms with Gasteiger partial charge in [0.05, 0.1) is 6.10 Å². The quantitative estimate of drug-likeness (QED) is 0.759. The lowest BCUT2D eigenvalue weighted by Crippen LogP contribution is -2.43. The van der Waals surface area contributed by atoms with Crippen molar-refractivity contribution in [3.8, 4) is 0 Å². The molecule has 2 rings (SSSR count). The van der Waals surface area contributed by atoms with Crippen molar-refractivity contribution in [2.45, 2.75) is 90.8 Å². The molecule has 1 N–H and O–H groups in total. The zero-order valence-electron chi connectivity index (χ0n) is 13.4. The average molecular weight is 267 g/mol. The molecule has 1 saturated carbocycles. The Kier molecular flexibility index (Phi) is 5.30. The Bertz CT molecular complexity index is 271. The van der Waals surface area contributed by atoms with Crippen LogP contribution in [0.3, 0.4) is 0 Å². The summed E-state index contributed by atoms with van der Waals surface area (Å²) in [5.74, 6) is 0.910. The second-order valence-electron chi connectivity index (χ2n) is 7.84. The Labute approximate surface area is 119 Å². The van der Waals surface area contributed by atoms with Crippen LogP contribution in [-0.2, 0) is 4.74 Å². The van der Waals surface area contributed by atoms with Gasteiger partial charge in [0, 0.05) is 18.7 Å². The molecule has 0 radical (unpaired) electrons. The van der Waals surface area contributed by atoms with Gasteiger partial charge in [-0.1, -0.05) is 27.2 Å². The van der Waals surface area contributed by atoms with Crippen molar-refractivity contribution in [3.63, 3.8) is 0 Å². The molecule has 2 aliphatic rings. The van der Waals surface area contributed by atoms with E-state index in [2.05, 4.69) is 33.0 Å². The molecule has 0 aromatic carbocycles. The Hall–Kier alpha value is -0.0800. The standard InChI is InChI=1S/C17H33NO/c1-13-12-16(10-11-19-13)18-15-7-5-6-14(8-9-15)17(2,3)4/h13-16,18H,5-12H2,1-4H3. The highest BCUT2D eigenvalue weighted by molar-refractivity contribution is 4.84. The van der Waals surface area contributed by atoms with Gasteiger partial charge in [-0.25, -0.2) is 0 Å². The SMILES string of the molecule is CC1CC(NC2CCCC(C(C)(C)C)CC2)CCO1. The molecular formula is C17H33NO. The Morgan fingerprint density at radius 3 is 2.42 bits per heavy atom. The van der Waals surface area contributed by atoms with Crippen LogP contribution in [0.4, 0.5) is 0 Å². The molecule has 1 aliphatic carbocycles. The lowest BCUT2D eigenvalue weighted by molar-refractivity contribution is 0.0108. The van der Waals surface area contributed by atoms with Crippen LogP contribution in [0.5, 0.6) is 0 Å². The molecule has 19 heavy (non-hydrogen) atoms. The van der Waals surface area contributed by atoms with Crippen molar-refractivity contribution in [2.24, 2.45) is 11.3 Å². The van der Waals surface area contributed by atoms with Crippen LogP contribution in [-0.4, -0.2) is 24.8 Å². The maximum absolute atomic E-state index is 5.64. The highest BCUT2D eigenvalue weighted by atomic mass is 16.5. The third kappa shape index (κ3) is 4.75. The van der Waals surface area contributed by atoms with Gasteiger partial charge in [-0.2, -0.15) is 0 Å². The van der Waals surface area contributed by atoms with Crippen LogP contribution < -0.4 is 5.32 Å². The summed E-state index contributed by atoms with van der Waals surface area (Å²) in [4.78, 5) is 0. The number of hydrogen-bond donors (Lipinski definition) is 1. The van der Waals surface area contributed by atoms with E-state index in [9.17, 15) is 0 Å². The van der Waals surface area contributed by atoms with Gasteiger partial charge in [-0.3, -0.25) is 0 Å². The van der Waals surface area contributed by atoms with E-state index in [0.717, 1.165) is 18.6 Å². The summed E-state index contributed by atoms with van der Waals surface area (Å²) in [6.45, 7) is 10.4. The maximum atomic E-state index is 5.64. The first-order valence-electron chi connectivity index (χ1n) is 8.33.